The summed E-state index contributed by atoms with van der Waals surface area (Å²) in [6.45, 7) is 3.14. The molecule has 0 radical (unpaired) electrons. The molecule has 1 aliphatic carbocycles. The van der Waals surface area contributed by atoms with Gasteiger partial charge in [-0.15, -0.1) is 0 Å². The van der Waals surface area contributed by atoms with E-state index in [0.717, 1.165) is 23.7 Å². The predicted molar refractivity (Wildman–Crippen MR) is 83.5 cm³/mol. The average molecular weight is 294 g/mol. The summed E-state index contributed by atoms with van der Waals surface area (Å²) in [4.78, 5) is 0. The second-order valence-corrected chi connectivity index (χ2v) is 6.63. The van der Waals surface area contributed by atoms with Crippen LogP contribution in [0, 0.1) is 0 Å². The number of halogens is 1. The Morgan fingerprint density at radius 2 is 2.00 bits per heavy atom. The predicted octanol–water partition coefficient (Wildman–Crippen LogP) is 4.87. The van der Waals surface area contributed by atoms with Crippen molar-refractivity contribution in [3.8, 4) is 5.75 Å². The van der Waals surface area contributed by atoms with E-state index in [9.17, 15) is 0 Å². The minimum Gasteiger partial charge on any atom is -0.487 e. The Labute approximate surface area is 126 Å². The van der Waals surface area contributed by atoms with E-state index in [1.807, 2.05) is 12.1 Å². The molecule has 3 heteroatoms. The van der Waals surface area contributed by atoms with Crippen LogP contribution in [0.3, 0.4) is 0 Å². The highest BCUT2D eigenvalue weighted by Crippen LogP contribution is 2.46. The molecular weight excluding hydrogens is 270 g/mol. The van der Waals surface area contributed by atoms with E-state index in [-0.39, 0.29) is 5.60 Å². The van der Waals surface area contributed by atoms with Crippen LogP contribution >= 0.6 is 11.6 Å². The number of ether oxygens (including phenoxy) is 1. The zero-order valence-corrected chi connectivity index (χ0v) is 13.0. The zero-order chi connectivity index (χ0) is 14.0. The summed E-state index contributed by atoms with van der Waals surface area (Å²) in [5, 5.41) is 4.42. The van der Waals surface area contributed by atoms with Crippen molar-refractivity contribution in [1.29, 1.82) is 0 Å². The molecule has 1 spiro atoms. The number of hydrogen-bond donors (Lipinski definition) is 1. The smallest absolute Gasteiger partial charge is 0.125 e. The monoisotopic (exact) mass is 293 g/mol. The Hall–Kier alpha value is -0.730. The fraction of sp³-hybridized carbons (Fsp3) is 0.647. The van der Waals surface area contributed by atoms with E-state index in [1.165, 1.54) is 44.1 Å². The third kappa shape index (κ3) is 2.82. The molecular formula is C17H24ClNO. The maximum absolute atomic E-state index is 6.47. The maximum Gasteiger partial charge on any atom is 0.125 e. The Bertz CT molecular complexity index is 466. The highest BCUT2D eigenvalue weighted by atomic mass is 35.5. The molecule has 1 fully saturated rings. The normalized spacial score (nSPS) is 24.8. The van der Waals surface area contributed by atoms with Gasteiger partial charge < -0.3 is 10.1 Å². The summed E-state index contributed by atoms with van der Waals surface area (Å²) in [6.07, 6.45) is 8.75. The Morgan fingerprint density at radius 1 is 1.25 bits per heavy atom. The summed E-state index contributed by atoms with van der Waals surface area (Å²) >= 11 is 6.16. The van der Waals surface area contributed by atoms with Gasteiger partial charge in [0.1, 0.15) is 11.4 Å². The van der Waals surface area contributed by atoms with E-state index in [4.69, 9.17) is 16.3 Å². The van der Waals surface area contributed by atoms with E-state index in [1.54, 1.807) is 0 Å². The largest absolute Gasteiger partial charge is 0.487 e. The van der Waals surface area contributed by atoms with Crippen molar-refractivity contribution < 1.29 is 4.74 Å². The van der Waals surface area contributed by atoms with Crippen LogP contribution in [0.2, 0.25) is 5.02 Å². The topological polar surface area (TPSA) is 21.3 Å². The zero-order valence-electron chi connectivity index (χ0n) is 12.3. The van der Waals surface area contributed by atoms with Crippen molar-refractivity contribution in [3.05, 3.63) is 28.8 Å². The summed E-state index contributed by atoms with van der Waals surface area (Å²) in [7, 11) is 0. The molecule has 20 heavy (non-hydrogen) atoms. The number of benzene rings is 1. The van der Waals surface area contributed by atoms with Crippen molar-refractivity contribution >= 4 is 11.6 Å². The van der Waals surface area contributed by atoms with E-state index >= 15 is 0 Å². The molecule has 0 bridgehead atoms. The first-order valence-electron chi connectivity index (χ1n) is 7.94. The first-order valence-corrected chi connectivity index (χ1v) is 8.32. The summed E-state index contributed by atoms with van der Waals surface area (Å²) in [5.74, 6) is 1.04. The standard InChI is InChI=1S/C17H24ClNO/c1-2-19-15-12-17(9-5-3-4-6-10-17)20-16-8-7-13(18)11-14(15)16/h7-8,11,15,19H,2-6,9-10,12H2,1H3. The molecule has 1 heterocycles. The number of rotatable bonds is 2. The minimum absolute atomic E-state index is 0.0458. The second-order valence-electron chi connectivity index (χ2n) is 6.20. The molecule has 1 saturated carbocycles. The van der Waals surface area contributed by atoms with Crippen molar-refractivity contribution in [2.45, 2.75) is 63.5 Å². The van der Waals surface area contributed by atoms with Crippen LogP contribution in [0.4, 0.5) is 0 Å². The molecule has 0 aromatic heterocycles. The molecule has 1 atom stereocenters. The number of hydrogen-bond acceptors (Lipinski definition) is 2. The Kier molecular flexibility index (Phi) is 4.23. The van der Waals surface area contributed by atoms with Gasteiger partial charge in [-0.3, -0.25) is 0 Å². The Morgan fingerprint density at radius 3 is 2.70 bits per heavy atom. The molecule has 0 amide bonds. The molecule has 3 rings (SSSR count). The van der Waals surface area contributed by atoms with Crippen LogP contribution in [0.5, 0.6) is 5.75 Å². The molecule has 2 nitrogen and oxygen atoms in total. The minimum atomic E-state index is 0.0458. The van der Waals surface area contributed by atoms with Gasteiger partial charge in [0, 0.05) is 23.0 Å². The van der Waals surface area contributed by atoms with Crippen molar-refractivity contribution in [2.24, 2.45) is 0 Å². The molecule has 1 unspecified atom stereocenters. The quantitative estimate of drug-likeness (QED) is 0.840. The molecule has 2 aliphatic rings. The lowest BCUT2D eigenvalue weighted by Gasteiger charge is -2.42. The van der Waals surface area contributed by atoms with E-state index in [0.29, 0.717) is 6.04 Å². The fourth-order valence-electron chi connectivity index (χ4n) is 3.75. The molecule has 1 N–H and O–H groups in total. The van der Waals surface area contributed by atoms with E-state index < -0.39 is 0 Å². The number of nitrogens with one attached hydrogen (secondary N) is 1. The van der Waals surface area contributed by atoms with Crippen LogP contribution < -0.4 is 10.1 Å². The molecule has 110 valence electrons. The van der Waals surface area contributed by atoms with Crippen molar-refractivity contribution in [1.82, 2.24) is 5.32 Å². The summed E-state index contributed by atoms with van der Waals surface area (Å²) < 4.78 is 6.47. The molecule has 1 aromatic carbocycles. The summed E-state index contributed by atoms with van der Waals surface area (Å²) in [6, 6.07) is 6.43. The highest BCUT2D eigenvalue weighted by Gasteiger charge is 2.40. The third-order valence-corrected chi connectivity index (χ3v) is 4.95. The van der Waals surface area contributed by atoms with Gasteiger partial charge in [0.25, 0.3) is 0 Å². The molecule has 0 saturated heterocycles. The van der Waals surface area contributed by atoms with Gasteiger partial charge >= 0.3 is 0 Å². The lowest BCUT2D eigenvalue weighted by molar-refractivity contribution is 0.0164. The lowest BCUT2D eigenvalue weighted by atomic mass is 9.82. The van der Waals surface area contributed by atoms with Gasteiger partial charge in [0.15, 0.2) is 0 Å². The fourth-order valence-corrected chi connectivity index (χ4v) is 3.93. The van der Waals surface area contributed by atoms with Crippen LogP contribution in [0.25, 0.3) is 0 Å². The first kappa shape index (κ1) is 14.2. The van der Waals surface area contributed by atoms with Gasteiger partial charge in [-0.05, 0) is 50.4 Å². The maximum atomic E-state index is 6.47. The van der Waals surface area contributed by atoms with Crippen LogP contribution in [0.15, 0.2) is 18.2 Å². The van der Waals surface area contributed by atoms with E-state index in [2.05, 4.69) is 18.3 Å². The van der Waals surface area contributed by atoms with Crippen molar-refractivity contribution in [2.75, 3.05) is 6.54 Å². The van der Waals surface area contributed by atoms with Crippen LogP contribution in [-0.4, -0.2) is 12.1 Å². The first-order chi connectivity index (χ1) is 9.72. The summed E-state index contributed by atoms with van der Waals surface area (Å²) in [5.41, 5.74) is 1.28. The lowest BCUT2D eigenvalue weighted by Crippen LogP contribution is -2.43. The second kappa shape index (κ2) is 5.95. The molecule has 1 aliphatic heterocycles. The van der Waals surface area contributed by atoms with Gasteiger partial charge in [0.05, 0.1) is 0 Å². The molecule has 1 aromatic rings. The van der Waals surface area contributed by atoms with Crippen LogP contribution in [0.1, 0.15) is 63.5 Å². The number of fused-ring (bicyclic) bond motifs is 1. The van der Waals surface area contributed by atoms with Gasteiger partial charge in [-0.1, -0.05) is 31.4 Å². The van der Waals surface area contributed by atoms with Crippen molar-refractivity contribution in [3.63, 3.8) is 0 Å². The third-order valence-electron chi connectivity index (χ3n) is 4.72. The Balaban J connectivity index is 1.93. The SMILES string of the molecule is CCNC1CC2(CCCCCC2)Oc2ccc(Cl)cc21. The van der Waals surface area contributed by atoms with Crippen LogP contribution in [-0.2, 0) is 0 Å². The highest BCUT2D eigenvalue weighted by molar-refractivity contribution is 6.30. The van der Waals surface area contributed by atoms with Gasteiger partial charge in [0.2, 0.25) is 0 Å². The van der Waals surface area contributed by atoms with Gasteiger partial charge in [-0.2, -0.15) is 0 Å². The van der Waals surface area contributed by atoms with Gasteiger partial charge in [-0.25, -0.2) is 0 Å². The average Bonchev–Trinajstić information content (AvgIpc) is 2.66.